The SMILES string of the molecule is NS(=O)(=O)CCCNC(=O)CCOc1ccccc1. The maximum absolute atomic E-state index is 11.4. The van der Waals surface area contributed by atoms with Crippen molar-refractivity contribution in [1.29, 1.82) is 0 Å². The first-order valence-electron chi connectivity index (χ1n) is 5.92. The van der Waals surface area contributed by atoms with Crippen LogP contribution in [0.25, 0.3) is 0 Å². The van der Waals surface area contributed by atoms with Crippen molar-refractivity contribution < 1.29 is 17.9 Å². The first-order chi connectivity index (χ1) is 8.97. The van der Waals surface area contributed by atoms with Crippen molar-refractivity contribution in [3.8, 4) is 5.75 Å². The van der Waals surface area contributed by atoms with Crippen LogP contribution in [0.15, 0.2) is 30.3 Å². The van der Waals surface area contributed by atoms with Gasteiger partial charge in [-0.2, -0.15) is 0 Å². The summed E-state index contributed by atoms with van der Waals surface area (Å²) in [5.41, 5.74) is 0. The molecule has 1 aromatic rings. The quantitative estimate of drug-likeness (QED) is 0.669. The molecule has 3 N–H and O–H groups in total. The van der Waals surface area contributed by atoms with Gasteiger partial charge in [-0.05, 0) is 18.6 Å². The molecule has 0 fully saturated rings. The number of nitrogens with two attached hydrogens (primary N) is 1. The molecular weight excluding hydrogens is 268 g/mol. The number of rotatable bonds is 8. The lowest BCUT2D eigenvalue weighted by atomic mass is 10.3. The molecular formula is C12H18N2O4S. The number of nitrogens with one attached hydrogen (secondary N) is 1. The standard InChI is InChI=1S/C12H18N2O4S/c13-19(16,17)10-4-8-14-12(15)7-9-18-11-5-2-1-3-6-11/h1-3,5-6H,4,7-10H2,(H,14,15)(H2,13,16,17). The third-order valence-electron chi connectivity index (χ3n) is 2.27. The summed E-state index contributed by atoms with van der Waals surface area (Å²) < 4.78 is 26.7. The van der Waals surface area contributed by atoms with Gasteiger partial charge in [-0.15, -0.1) is 0 Å². The lowest BCUT2D eigenvalue weighted by molar-refractivity contribution is -0.121. The minimum Gasteiger partial charge on any atom is -0.493 e. The largest absolute Gasteiger partial charge is 0.493 e. The lowest BCUT2D eigenvalue weighted by Gasteiger charge is -2.06. The van der Waals surface area contributed by atoms with Crippen LogP contribution in [-0.2, 0) is 14.8 Å². The van der Waals surface area contributed by atoms with Crippen LogP contribution in [0.2, 0.25) is 0 Å². The second kappa shape index (κ2) is 7.75. The van der Waals surface area contributed by atoms with Crippen LogP contribution in [0.4, 0.5) is 0 Å². The topological polar surface area (TPSA) is 98.5 Å². The fourth-order valence-corrected chi connectivity index (χ4v) is 1.91. The number of carbonyl (C=O) groups is 1. The number of benzene rings is 1. The Morgan fingerprint density at radius 1 is 1.26 bits per heavy atom. The first-order valence-corrected chi connectivity index (χ1v) is 7.64. The molecule has 1 amide bonds. The fraction of sp³-hybridized carbons (Fsp3) is 0.417. The van der Waals surface area contributed by atoms with Crippen LogP contribution in [-0.4, -0.2) is 33.2 Å². The maximum atomic E-state index is 11.4. The van der Waals surface area contributed by atoms with E-state index in [1.54, 1.807) is 0 Å². The second-order valence-corrected chi connectivity index (χ2v) is 5.72. The summed E-state index contributed by atoms with van der Waals surface area (Å²) in [7, 11) is -3.45. The molecule has 0 saturated carbocycles. The van der Waals surface area contributed by atoms with E-state index < -0.39 is 10.0 Å². The zero-order chi connectivity index (χ0) is 14.1. The van der Waals surface area contributed by atoms with Crippen molar-refractivity contribution in [2.45, 2.75) is 12.8 Å². The van der Waals surface area contributed by atoms with Gasteiger partial charge in [0.05, 0.1) is 18.8 Å². The average molecular weight is 286 g/mol. The molecule has 0 spiro atoms. The van der Waals surface area contributed by atoms with Crippen LogP contribution in [0.5, 0.6) is 5.75 Å². The van der Waals surface area contributed by atoms with Gasteiger partial charge in [0.15, 0.2) is 0 Å². The Balaban J connectivity index is 2.08. The Bertz CT molecular complexity index is 488. The highest BCUT2D eigenvalue weighted by molar-refractivity contribution is 7.89. The van der Waals surface area contributed by atoms with Crippen molar-refractivity contribution >= 4 is 15.9 Å². The van der Waals surface area contributed by atoms with Crippen LogP contribution < -0.4 is 15.2 Å². The minimum atomic E-state index is -3.45. The number of primary sulfonamides is 1. The van der Waals surface area contributed by atoms with E-state index in [1.807, 2.05) is 30.3 Å². The minimum absolute atomic E-state index is 0.131. The second-order valence-electron chi connectivity index (χ2n) is 3.98. The number of hydrogen-bond donors (Lipinski definition) is 2. The van der Waals surface area contributed by atoms with Crippen molar-refractivity contribution in [3.63, 3.8) is 0 Å². The zero-order valence-corrected chi connectivity index (χ0v) is 11.4. The third-order valence-corrected chi connectivity index (χ3v) is 3.13. The van der Waals surface area contributed by atoms with Crippen LogP contribution in [0.1, 0.15) is 12.8 Å². The summed E-state index contributed by atoms with van der Waals surface area (Å²) in [6.45, 7) is 0.575. The molecule has 0 atom stereocenters. The number of sulfonamides is 1. The summed E-state index contributed by atoms with van der Waals surface area (Å²) in [5.74, 6) is 0.406. The highest BCUT2D eigenvalue weighted by Gasteiger charge is 2.04. The molecule has 0 heterocycles. The van der Waals surface area contributed by atoms with E-state index in [9.17, 15) is 13.2 Å². The lowest BCUT2D eigenvalue weighted by Crippen LogP contribution is -2.28. The normalized spacial score (nSPS) is 11.0. The van der Waals surface area contributed by atoms with E-state index >= 15 is 0 Å². The van der Waals surface area contributed by atoms with Gasteiger partial charge < -0.3 is 10.1 Å². The fourth-order valence-electron chi connectivity index (χ4n) is 1.37. The molecule has 0 unspecified atom stereocenters. The van der Waals surface area contributed by atoms with Crippen LogP contribution in [0, 0.1) is 0 Å². The molecule has 0 aliphatic carbocycles. The summed E-state index contributed by atoms with van der Waals surface area (Å²) in [4.78, 5) is 11.4. The van der Waals surface area contributed by atoms with E-state index in [-0.39, 0.29) is 24.7 Å². The summed E-state index contributed by atoms with van der Waals surface area (Å²) in [5, 5.41) is 7.44. The number of hydrogen-bond acceptors (Lipinski definition) is 4. The van der Waals surface area contributed by atoms with Gasteiger partial charge in [-0.3, -0.25) is 4.79 Å². The first kappa shape index (κ1) is 15.5. The summed E-state index contributed by atoms with van der Waals surface area (Å²) >= 11 is 0. The Morgan fingerprint density at radius 2 is 1.95 bits per heavy atom. The van der Waals surface area contributed by atoms with Crippen molar-refractivity contribution in [2.24, 2.45) is 5.14 Å². The van der Waals surface area contributed by atoms with Crippen molar-refractivity contribution in [3.05, 3.63) is 30.3 Å². The van der Waals surface area contributed by atoms with Gasteiger partial charge in [-0.25, -0.2) is 13.6 Å². The Hall–Kier alpha value is -1.60. The van der Waals surface area contributed by atoms with E-state index in [1.165, 1.54) is 0 Å². The Morgan fingerprint density at radius 3 is 2.58 bits per heavy atom. The van der Waals surface area contributed by atoms with E-state index in [4.69, 9.17) is 9.88 Å². The number of amides is 1. The van der Waals surface area contributed by atoms with Crippen molar-refractivity contribution in [2.75, 3.05) is 18.9 Å². The predicted octanol–water partition coefficient (Wildman–Crippen LogP) is 0.250. The molecule has 0 aliphatic heterocycles. The van der Waals surface area contributed by atoms with Crippen LogP contribution in [0.3, 0.4) is 0 Å². The molecule has 0 saturated heterocycles. The predicted molar refractivity (Wildman–Crippen MR) is 72.2 cm³/mol. The molecule has 0 aliphatic rings. The van der Waals surface area contributed by atoms with E-state index in [2.05, 4.69) is 5.32 Å². The van der Waals surface area contributed by atoms with Gasteiger partial charge in [0.1, 0.15) is 5.75 Å². The molecule has 0 bridgehead atoms. The smallest absolute Gasteiger partial charge is 0.223 e. The number of para-hydroxylation sites is 1. The van der Waals surface area contributed by atoms with E-state index in [0.29, 0.717) is 18.7 Å². The molecule has 7 heteroatoms. The molecule has 106 valence electrons. The molecule has 6 nitrogen and oxygen atoms in total. The summed E-state index contributed by atoms with van der Waals surface area (Å²) in [6, 6.07) is 9.20. The third kappa shape index (κ3) is 8.17. The average Bonchev–Trinajstić information content (AvgIpc) is 2.35. The Labute approximate surface area is 113 Å². The van der Waals surface area contributed by atoms with Gasteiger partial charge in [-0.1, -0.05) is 18.2 Å². The van der Waals surface area contributed by atoms with Gasteiger partial charge in [0.25, 0.3) is 0 Å². The van der Waals surface area contributed by atoms with Crippen molar-refractivity contribution in [1.82, 2.24) is 5.32 Å². The molecule has 1 aromatic carbocycles. The maximum Gasteiger partial charge on any atom is 0.223 e. The highest BCUT2D eigenvalue weighted by Crippen LogP contribution is 2.08. The number of carbonyl (C=O) groups excluding carboxylic acids is 1. The molecule has 0 radical (unpaired) electrons. The van der Waals surface area contributed by atoms with Gasteiger partial charge >= 0.3 is 0 Å². The van der Waals surface area contributed by atoms with E-state index in [0.717, 1.165) is 0 Å². The highest BCUT2D eigenvalue weighted by atomic mass is 32.2. The molecule has 1 rings (SSSR count). The summed E-state index contributed by atoms with van der Waals surface area (Å²) in [6.07, 6.45) is 0.536. The number of ether oxygens (including phenoxy) is 1. The zero-order valence-electron chi connectivity index (χ0n) is 10.5. The monoisotopic (exact) mass is 286 g/mol. The molecule has 0 aromatic heterocycles. The van der Waals surface area contributed by atoms with Crippen LogP contribution >= 0.6 is 0 Å². The van der Waals surface area contributed by atoms with Gasteiger partial charge in [0.2, 0.25) is 15.9 Å². The molecule has 19 heavy (non-hydrogen) atoms. The van der Waals surface area contributed by atoms with Gasteiger partial charge in [0, 0.05) is 6.54 Å². The Kier molecular flexibility index (Phi) is 6.31.